The van der Waals surface area contributed by atoms with Gasteiger partial charge in [-0.2, -0.15) is 0 Å². The minimum atomic E-state index is -3.99. The number of benzene rings is 1. The molecule has 0 unspecified atom stereocenters. The van der Waals surface area contributed by atoms with E-state index in [1.807, 2.05) is 0 Å². The molecule has 20 heavy (non-hydrogen) atoms. The lowest BCUT2D eigenvalue weighted by atomic mass is 10.3. The molecule has 0 saturated carbocycles. The van der Waals surface area contributed by atoms with Crippen molar-refractivity contribution >= 4 is 39.1 Å². The van der Waals surface area contributed by atoms with Crippen LogP contribution in [0.5, 0.6) is 5.75 Å². The summed E-state index contributed by atoms with van der Waals surface area (Å²) in [6.45, 7) is -0.270. The van der Waals surface area contributed by atoms with Crippen molar-refractivity contribution in [1.82, 2.24) is 5.32 Å². The van der Waals surface area contributed by atoms with Crippen molar-refractivity contribution in [2.45, 2.75) is 4.90 Å². The number of nitrogens with one attached hydrogen (secondary N) is 1. The topological polar surface area (TPSA) is 98.5 Å². The van der Waals surface area contributed by atoms with Crippen LogP contribution >= 0.6 is 23.2 Å². The Morgan fingerprint density at radius 1 is 1.40 bits per heavy atom. The average molecular weight is 337 g/mol. The molecule has 0 aliphatic carbocycles. The first-order chi connectivity index (χ1) is 9.25. The maximum atomic E-state index is 11.3. The summed E-state index contributed by atoms with van der Waals surface area (Å²) in [6.07, 6.45) is 4.97. The molecule has 108 valence electrons. The van der Waals surface area contributed by atoms with Crippen LogP contribution < -0.4 is 15.2 Å². The van der Waals surface area contributed by atoms with Crippen molar-refractivity contribution in [2.24, 2.45) is 5.14 Å². The number of terminal acetylenes is 1. The Morgan fingerprint density at radius 2 is 2.05 bits per heavy atom. The number of sulfonamides is 1. The van der Waals surface area contributed by atoms with Crippen molar-refractivity contribution in [3.63, 3.8) is 0 Å². The lowest BCUT2D eigenvalue weighted by Gasteiger charge is -2.10. The number of rotatable bonds is 5. The molecule has 0 atom stereocenters. The Morgan fingerprint density at radius 3 is 2.60 bits per heavy atom. The molecule has 1 rings (SSSR count). The van der Waals surface area contributed by atoms with Gasteiger partial charge in [0, 0.05) is 6.07 Å². The fourth-order valence-corrected chi connectivity index (χ4v) is 2.55. The van der Waals surface area contributed by atoms with Gasteiger partial charge in [0.15, 0.2) is 6.61 Å². The lowest BCUT2D eigenvalue weighted by molar-refractivity contribution is -0.122. The van der Waals surface area contributed by atoms with E-state index >= 15 is 0 Å². The van der Waals surface area contributed by atoms with Crippen molar-refractivity contribution in [3.8, 4) is 18.1 Å². The number of hydrogen-bond acceptors (Lipinski definition) is 4. The van der Waals surface area contributed by atoms with Gasteiger partial charge in [-0.25, -0.2) is 13.6 Å². The molecule has 1 aromatic rings. The Labute approximate surface area is 126 Å². The second-order valence-electron chi connectivity index (χ2n) is 3.53. The minimum Gasteiger partial charge on any atom is -0.482 e. The summed E-state index contributed by atoms with van der Waals surface area (Å²) in [5.74, 6) is 1.83. The molecule has 9 heteroatoms. The largest absolute Gasteiger partial charge is 0.482 e. The van der Waals surface area contributed by atoms with E-state index in [1.165, 1.54) is 0 Å². The van der Waals surface area contributed by atoms with E-state index in [-0.39, 0.29) is 33.8 Å². The van der Waals surface area contributed by atoms with Gasteiger partial charge in [-0.05, 0) is 6.07 Å². The number of amides is 1. The first-order valence-electron chi connectivity index (χ1n) is 5.10. The zero-order valence-corrected chi connectivity index (χ0v) is 12.3. The molecular weight excluding hydrogens is 327 g/mol. The van der Waals surface area contributed by atoms with E-state index in [0.717, 1.165) is 12.1 Å². The van der Waals surface area contributed by atoms with Crippen molar-refractivity contribution in [2.75, 3.05) is 13.2 Å². The number of nitrogens with two attached hydrogens (primary N) is 1. The normalized spacial score (nSPS) is 10.7. The summed E-state index contributed by atoms with van der Waals surface area (Å²) in [5.41, 5.74) is 0. The second-order valence-corrected chi connectivity index (χ2v) is 5.87. The number of ether oxygens (including phenoxy) is 1. The molecule has 3 N–H and O–H groups in total. The van der Waals surface area contributed by atoms with Gasteiger partial charge in [0.2, 0.25) is 10.0 Å². The highest BCUT2D eigenvalue weighted by Crippen LogP contribution is 2.32. The number of carbonyl (C=O) groups is 1. The van der Waals surface area contributed by atoms with Crippen molar-refractivity contribution in [3.05, 3.63) is 22.2 Å². The highest BCUT2D eigenvalue weighted by molar-refractivity contribution is 7.89. The van der Waals surface area contributed by atoms with E-state index in [9.17, 15) is 13.2 Å². The number of carbonyl (C=O) groups excluding carboxylic acids is 1. The highest BCUT2D eigenvalue weighted by atomic mass is 35.5. The SMILES string of the molecule is C#CCNC(=O)COc1cc(Cl)c(S(N)(=O)=O)cc1Cl. The third-order valence-electron chi connectivity index (χ3n) is 2.04. The molecular formula is C11H10Cl2N2O4S. The summed E-state index contributed by atoms with van der Waals surface area (Å²) in [6, 6.07) is 2.21. The van der Waals surface area contributed by atoms with Crippen LogP contribution in [0, 0.1) is 12.3 Å². The van der Waals surface area contributed by atoms with Crippen molar-refractivity contribution in [1.29, 1.82) is 0 Å². The summed E-state index contributed by atoms with van der Waals surface area (Å²) < 4.78 is 27.5. The fraction of sp³-hybridized carbons (Fsp3) is 0.182. The summed E-state index contributed by atoms with van der Waals surface area (Å²) in [7, 11) is -3.99. The Bertz CT molecular complexity index is 668. The van der Waals surface area contributed by atoms with Gasteiger partial charge >= 0.3 is 0 Å². The van der Waals surface area contributed by atoms with Gasteiger partial charge in [0.1, 0.15) is 10.6 Å². The molecule has 0 fully saturated rings. The van der Waals surface area contributed by atoms with Crippen LogP contribution in [0.3, 0.4) is 0 Å². The first-order valence-corrected chi connectivity index (χ1v) is 7.40. The van der Waals surface area contributed by atoms with Crippen LogP contribution in [0.1, 0.15) is 0 Å². The van der Waals surface area contributed by atoms with Gasteiger partial charge < -0.3 is 10.1 Å². The second kappa shape index (κ2) is 6.81. The molecule has 0 aliphatic heterocycles. The van der Waals surface area contributed by atoms with Crippen LogP contribution in [-0.2, 0) is 14.8 Å². The fourth-order valence-electron chi connectivity index (χ4n) is 1.18. The minimum absolute atomic E-state index is 0.0387. The Kier molecular flexibility index (Phi) is 5.65. The molecule has 0 spiro atoms. The highest BCUT2D eigenvalue weighted by Gasteiger charge is 2.17. The quantitative estimate of drug-likeness (QED) is 0.776. The monoisotopic (exact) mass is 336 g/mol. The van der Waals surface area contributed by atoms with E-state index in [1.54, 1.807) is 0 Å². The molecule has 0 aromatic heterocycles. The van der Waals surface area contributed by atoms with E-state index in [2.05, 4.69) is 11.2 Å². The van der Waals surface area contributed by atoms with Gasteiger partial charge in [0.25, 0.3) is 5.91 Å². The van der Waals surface area contributed by atoms with E-state index in [4.69, 9.17) is 39.5 Å². The van der Waals surface area contributed by atoms with Gasteiger partial charge in [-0.1, -0.05) is 29.1 Å². The van der Waals surface area contributed by atoms with E-state index in [0.29, 0.717) is 0 Å². The molecule has 1 amide bonds. The predicted molar refractivity (Wildman–Crippen MR) is 75.2 cm³/mol. The van der Waals surface area contributed by atoms with Crippen molar-refractivity contribution < 1.29 is 17.9 Å². The maximum absolute atomic E-state index is 11.3. The smallest absolute Gasteiger partial charge is 0.258 e. The van der Waals surface area contributed by atoms with Gasteiger partial charge in [-0.3, -0.25) is 4.79 Å². The summed E-state index contributed by atoms with van der Waals surface area (Å²) in [5, 5.41) is 7.14. The number of primary sulfonamides is 1. The summed E-state index contributed by atoms with van der Waals surface area (Å²) >= 11 is 11.6. The third kappa shape index (κ3) is 4.58. The third-order valence-corrected chi connectivity index (χ3v) is 3.71. The number of halogens is 2. The molecule has 0 saturated heterocycles. The Hall–Kier alpha value is -1.46. The van der Waals surface area contributed by atoms with Crippen LogP contribution in [0.25, 0.3) is 0 Å². The molecule has 6 nitrogen and oxygen atoms in total. The van der Waals surface area contributed by atoms with Crippen LogP contribution in [-0.4, -0.2) is 27.5 Å². The Balaban J connectivity index is 2.87. The molecule has 1 aromatic carbocycles. The lowest BCUT2D eigenvalue weighted by Crippen LogP contribution is -2.29. The van der Waals surface area contributed by atoms with Crippen LogP contribution in [0.15, 0.2) is 17.0 Å². The van der Waals surface area contributed by atoms with Gasteiger partial charge in [0.05, 0.1) is 16.6 Å². The summed E-state index contributed by atoms with van der Waals surface area (Å²) in [4.78, 5) is 10.9. The predicted octanol–water partition coefficient (Wildman–Crippen LogP) is 0.769. The average Bonchev–Trinajstić information content (AvgIpc) is 2.35. The molecule has 0 bridgehead atoms. The molecule has 0 aliphatic rings. The van der Waals surface area contributed by atoms with Gasteiger partial charge in [-0.15, -0.1) is 6.42 Å². The van der Waals surface area contributed by atoms with Crippen LogP contribution in [0.4, 0.5) is 0 Å². The first kappa shape index (κ1) is 16.6. The number of hydrogen-bond donors (Lipinski definition) is 2. The molecule has 0 heterocycles. The standard InChI is InChI=1S/C11H10Cl2N2O4S/c1-2-3-15-11(16)6-19-9-4-8(13)10(5-7(9)12)20(14,17)18/h1,4-5H,3,6H2,(H,15,16)(H2,14,17,18). The van der Waals surface area contributed by atoms with Crippen LogP contribution in [0.2, 0.25) is 10.0 Å². The van der Waals surface area contributed by atoms with E-state index < -0.39 is 15.9 Å². The zero-order chi connectivity index (χ0) is 15.3. The maximum Gasteiger partial charge on any atom is 0.258 e. The molecule has 0 radical (unpaired) electrons. The zero-order valence-electron chi connectivity index (χ0n) is 10.0.